The zero-order chi connectivity index (χ0) is 23.4. The summed E-state index contributed by atoms with van der Waals surface area (Å²) in [5.74, 6) is -3.26. The van der Waals surface area contributed by atoms with Crippen LogP contribution in [0.3, 0.4) is 0 Å². The number of aromatic nitrogens is 1. The molecule has 1 aromatic carbocycles. The second kappa shape index (κ2) is 9.81. The lowest BCUT2D eigenvalue weighted by Crippen LogP contribution is -2.56. The number of nitrogens with zero attached hydrogens (tertiary/aromatic N) is 2. The molecule has 0 bridgehead atoms. The number of halogens is 2. The van der Waals surface area contributed by atoms with Crippen LogP contribution in [0.2, 0.25) is 0 Å². The van der Waals surface area contributed by atoms with Gasteiger partial charge in [-0.05, 0) is 57.2 Å². The molecule has 1 aliphatic heterocycles. The highest BCUT2D eigenvalue weighted by Crippen LogP contribution is 2.37. The van der Waals surface area contributed by atoms with E-state index in [1.165, 1.54) is 22.6 Å². The maximum Gasteiger partial charge on any atom is 0.354 e. The van der Waals surface area contributed by atoms with E-state index >= 15 is 0 Å². The fraction of sp³-hybridized carbons (Fsp3) is 0.500. The maximum absolute atomic E-state index is 12.9. The summed E-state index contributed by atoms with van der Waals surface area (Å²) in [7, 11) is 0. The number of nitrogens with one attached hydrogen (secondary N) is 1. The van der Waals surface area contributed by atoms with Crippen LogP contribution < -0.4 is 15.0 Å². The molecule has 0 unspecified atom stereocenters. The summed E-state index contributed by atoms with van der Waals surface area (Å²) >= 11 is 0. The van der Waals surface area contributed by atoms with Crippen LogP contribution in [-0.4, -0.2) is 47.2 Å². The number of carboxylic acid groups (broad SMARTS) is 1. The van der Waals surface area contributed by atoms with Gasteiger partial charge in [0.05, 0.1) is 19.7 Å². The van der Waals surface area contributed by atoms with Crippen LogP contribution in [0.1, 0.15) is 49.7 Å². The molecule has 0 radical (unpaired) electrons. The highest BCUT2D eigenvalue weighted by atomic mass is 19.3. The number of carbonyl (C=O) groups is 1. The molecular weight excluding hydrogens is 416 g/mol. The minimum atomic E-state index is -2.70. The average molecular weight is 448 g/mol. The Balaban J connectivity index is 0.000000207. The van der Waals surface area contributed by atoms with E-state index in [0.717, 1.165) is 19.4 Å². The summed E-state index contributed by atoms with van der Waals surface area (Å²) in [5.41, 5.74) is 1.83. The van der Waals surface area contributed by atoms with Crippen LogP contribution in [0.5, 0.6) is 5.88 Å². The van der Waals surface area contributed by atoms with Crippen molar-refractivity contribution in [3.63, 3.8) is 0 Å². The molecule has 2 fully saturated rings. The molecule has 2 aromatic rings. The molecule has 174 valence electrons. The number of aromatic carboxylic acids is 1. The molecule has 2 aliphatic rings. The Bertz CT molecular complexity index is 904. The van der Waals surface area contributed by atoms with E-state index < -0.39 is 11.9 Å². The van der Waals surface area contributed by atoms with Crippen molar-refractivity contribution in [1.29, 1.82) is 0 Å². The lowest BCUT2D eigenvalue weighted by atomic mass is 10.1. The van der Waals surface area contributed by atoms with Gasteiger partial charge in [-0.1, -0.05) is 30.3 Å². The first-order valence-electron chi connectivity index (χ1n) is 10.8. The molecule has 1 aromatic heterocycles. The van der Waals surface area contributed by atoms with Gasteiger partial charge in [-0.2, -0.15) is 0 Å². The number of benzene rings is 1. The van der Waals surface area contributed by atoms with Gasteiger partial charge in [0.2, 0.25) is 5.88 Å². The topological polar surface area (TPSA) is 74.7 Å². The lowest BCUT2D eigenvalue weighted by molar-refractivity contribution is -0.0265. The Morgan fingerprint density at radius 1 is 1.19 bits per heavy atom. The first kappa shape index (κ1) is 23.9. The van der Waals surface area contributed by atoms with Crippen molar-refractivity contribution in [2.75, 3.05) is 24.6 Å². The number of hydrogen-bond acceptors (Lipinski definition) is 5. The van der Waals surface area contributed by atoms with Crippen LogP contribution >= 0.6 is 0 Å². The maximum atomic E-state index is 12.9. The predicted octanol–water partition coefficient (Wildman–Crippen LogP) is 4.60. The van der Waals surface area contributed by atoms with Crippen LogP contribution in [-0.2, 0) is 6.54 Å². The third kappa shape index (κ3) is 7.44. The van der Waals surface area contributed by atoms with E-state index in [2.05, 4.69) is 55.3 Å². The fourth-order valence-corrected chi connectivity index (χ4v) is 3.03. The minimum Gasteiger partial charge on any atom is -0.477 e. The van der Waals surface area contributed by atoms with E-state index in [0.29, 0.717) is 18.2 Å². The first-order valence-corrected chi connectivity index (χ1v) is 10.8. The molecule has 1 saturated heterocycles. The van der Waals surface area contributed by atoms with Crippen molar-refractivity contribution in [3.8, 4) is 5.88 Å². The van der Waals surface area contributed by atoms with Gasteiger partial charge in [0.25, 0.3) is 5.92 Å². The molecule has 1 saturated carbocycles. The van der Waals surface area contributed by atoms with Crippen molar-refractivity contribution >= 4 is 11.7 Å². The smallest absolute Gasteiger partial charge is 0.354 e. The quantitative estimate of drug-likeness (QED) is 0.646. The zero-order valence-electron chi connectivity index (χ0n) is 18.8. The summed E-state index contributed by atoms with van der Waals surface area (Å²) in [5, 5.41) is 12.4. The number of anilines is 1. The highest BCUT2D eigenvalue weighted by molar-refractivity contribution is 5.86. The van der Waals surface area contributed by atoms with Crippen LogP contribution in [0, 0.1) is 5.92 Å². The number of carboxylic acids is 1. The molecular formula is C24H31F2N3O3. The molecule has 6 nitrogen and oxygen atoms in total. The van der Waals surface area contributed by atoms with Crippen molar-refractivity contribution in [3.05, 3.63) is 53.7 Å². The van der Waals surface area contributed by atoms with Gasteiger partial charge < -0.3 is 20.1 Å². The van der Waals surface area contributed by atoms with Gasteiger partial charge in [-0.3, -0.25) is 0 Å². The van der Waals surface area contributed by atoms with Gasteiger partial charge in [0.15, 0.2) is 5.69 Å². The van der Waals surface area contributed by atoms with Crippen molar-refractivity contribution in [2.24, 2.45) is 5.92 Å². The van der Waals surface area contributed by atoms with Crippen molar-refractivity contribution in [2.45, 2.75) is 51.6 Å². The molecule has 2 N–H and O–H groups in total. The average Bonchev–Trinajstić information content (AvgIpc) is 3.54. The van der Waals surface area contributed by atoms with Crippen molar-refractivity contribution in [1.82, 2.24) is 10.3 Å². The molecule has 0 atom stereocenters. The molecule has 2 heterocycles. The highest BCUT2D eigenvalue weighted by Gasteiger charge is 2.45. The SMILES string of the molecule is CC(C)(C)NCc1ccccc1.O=C(O)c1ccc(N2CC(F)(F)C2)c(OCC2CC2)n1. The normalized spacial score (nSPS) is 17.1. The van der Waals surface area contributed by atoms with E-state index in [1.807, 2.05) is 6.07 Å². The summed E-state index contributed by atoms with van der Waals surface area (Å²) < 4.78 is 31.4. The molecule has 8 heteroatoms. The Labute approximate surface area is 187 Å². The zero-order valence-corrected chi connectivity index (χ0v) is 18.8. The minimum absolute atomic E-state index is 0.132. The fourth-order valence-electron chi connectivity index (χ4n) is 3.03. The van der Waals surface area contributed by atoms with Gasteiger partial charge in [0.1, 0.15) is 5.69 Å². The third-order valence-electron chi connectivity index (χ3n) is 5.06. The standard InChI is InChI=1S/C13H14F2N2O3.C11H17N/c14-13(15)6-17(7-13)10-4-3-9(12(18)19)16-11(10)20-5-8-1-2-8;1-11(2,3)12-9-10-7-5-4-6-8-10/h3-4,8H,1-2,5-7H2,(H,18,19);4-8,12H,9H2,1-3H3. The van der Waals surface area contributed by atoms with Crippen LogP contribution in [0.25, 0.3) is 0 Å². The van der Waals surface area contributed by atoms with E-state index in [4.69, 9.17) is 9.84 Å². The lowest BCUT2D eigenvalue weighted by Gasteiger charge is -2.40. The summed E-state index contributed by atoms with van der Waals surface area (Å²) in [6.45, 7) is 7.15. The number of hydrogen-bond donors (Lipinski definition) is 2. The summed E-state index contributed by atoms with van der Waals surface area (Å²) in [4.78, 5) is 16.3. The third-order valence-corrected chi connectivity index (χ3v) is 5.06. The number of ether oxygens (including phenoxy) is 1. The number of rotatable bonds is 7. The monoisotopic (exact) mass is 447 g/mol. The van der Waals surface area contributed by atoms with E-state index in [9.17, 15) is 13.6 Å². The van der Waals surface area contributed by atoms with Gasteiger partial charge in [-0.15, -0.1) is 0 Å². The molecule has 32 heavy (non-hydrogen) atoms. The van der Waals surface area contributed by atoms with E-state index in [-0.39, 0.29) is 30.2 Å². The van der Waals surface area contributed by atoms with Crippen LogP contribution in [0.4, 0.5) is 14.5 Å². The second-order valence-electron chi connectivity index (χ2n) is 9.38. The molecule has 0 spiro atoms. The van der Waals surface area contributed by atoms with E-state index in [1.54, 1.807) is 0 Å². The largest absolute Gasteiger partial charge is 0.477 e. The van der Waals surface area contributed by atoms with Gasteiger partial charge >= 0.3 is 5.97 Å². The Hall–Kier alpha value is -2.74. The molecule has 4 rings (SSSR count). The Morgan fingerprint density at radius 2 is 1.84 bits per heavy atom. The second-order valence-corrected chi connectivity index (χ2v) is 9.38. The van der Waals surface area contributed by atoms with Gasteiger partial charge in [-0.25, -0.2) is 18.6 Å². The first-order chi connectivity index (χ1) is 15.0. The molecule has 0 amide bonds. The van der Waals surface area contributed by atoms with Crippen molar-refractivity contribution < 1.29 is 23.4 Å². The molecule has 1 aliphatic carbocycles. The Kier molecular flexibility index (Phi) is 7.33. The van der Waals surface area contributed by atoms with Crippen LogP contribution in [0.15, 0.2) is 42.5 Å². The number of pyridine rings is 1. The predicted molar refractivity (Wildman–Crippen MR) is 120 cm³/mol. The Morgan fingerprint density at radius 3 is 2.38 bits per heavy atom. The number of alkyl halides is 2. The summed E-state index contributed by atoms with van der Waals surface area (Å²) in [6, 6.07) is 13.2. The summed E-state index contributed by atoms with van der Waals surface area (Å²) in [6.07, 6.45) is 2.16. The van der Waals surface area contributed by atoms with Gasteiger partial charge in [0, 0.05) is 12.1 Å².